The first-order chi connectivity index (χ1) is 13.0. The summed E-state index contributed by atoms with van der Waals surface area (Å²) in [6.07, 6.45) is 1.05. The first kappa shape index (κ1) is 18.5. The molecular weight excluding hydrogens is 356 g/mol. The highest BCUT2D eigenvalue weighted by Crippen LogP contribution is 2.42. The highest BCUT2D eigenvalue weighted by Gasteiger charge is 2.46. The molecule has 2 aliphatic rings. The zero-order chi connectivity index (χ0) is 19.0. The van der Waals surface area contributed by atoms with E-state index < -0.39 is 0 Å². The maximum atomic E-state index is 12.3. The highest BCUT2D eigenvalue weighted by atomic mass is 35.5. The Morgan fingerprint density at radius 1 is 1.15 bits per heavy atom. The normalized spacial score (nSPS) is 25.4. The number of benzene rings is 2. The summed E-state index contributed by atoms with van der Waals surface area (Å²) >= 11 is 6.16. The van der Waals surface area contributed by atoms with Crippen LogP contribution in [0.2, 0.25) is 5.02 Å². The lowest BCUT2D eigenvalue weighted by atomic mass is 9.81. The summed E-state index contributed by atoms with van der Waals surface area (Å²) in [5.41, 5.74) is 3.92. The van der Waals surface area contributed by atoms with Crippen LogP contribution in [0.5, 0.6) is 0 Å². The molecule has 0 saturated carbocycles. The maximum absolute atomic E-state index is 12.3. The number of piperidine rings is 1. The predicted octanol–water partition coefficient (Wildman–Crippen LogP) is 4.48. The third kappa shape index (κ3) is 3.90. The van der Waals surface area contributed by atoms with Gasteiger partial charge in [-0.1, -0.05) is 53.6 Å². The Bertz CT molecular complexity index is 837. The van der Waals surface area contributed by atoms with Crippen LogP contribution in [0.4, 0.5) is 0 Å². The van der Waals surface area contributed by atoms with Gasteiger partial charge >= 0.3 is 0 Å². The number of amides is 1. The molecule has 2 fully saturated rings. The summed E-state index contributed by atoms with van der Waals surface area (Å²) in [7, 11) is 0. The molecule has 4 heteroatoms. The summed E-state index contributed by atoms with van der Waals surface area (Å²) in [5, 5.41) is 0.795. The number of nitrogens with zero attached hydrogens (tertiary/aromatic N) is 2. The van der Waals surface area contributed by atoms with Gasteiger partial charge in [-0.05, 0) is 36.6 Å². The minimum Gasteiger partial charge on any atom is -0.339 e. The molecule has 0 aromatic heterocycles. The minimum absolute atomic E-state index is 0.212. The number of likely N-dealkylation sites (tertiary alicyclic amines) is 2. The fourth-order valence-corrected chi connectivity index (χ4v) is 5.17. The monoisotopic (exact) mass is 382 g/mol. The van der Waals surface area contributed by atoms with E-state index in [9.17, 15) is 4.79 Å². The van der Waals surface area contributed by atoms with E-state index in [1.54, 1.807) is 6.92 Å². The Balaban J connectivity index is 1.56. The van der Waals surface area contributed by atoms with Crippen LogP contribution >= 0.6 is 11.6 Å². The quantitative estimate of drug-likeness (QED) is 0.781. The molecule has 0 N–H and O–H groups in total. The lowest BCUT2D eigenvalue weighted by molar-refractivity contribution is -0.130. The van der Waals surface area contributed by atoms with Gasteiger partial charge in [0.2, 0.25) is 5.91 Å². The van der Waals surface area contributed by atoms with Crippen molar-refractivity contribution >= 4 is 17.5 Å². The number of rotatable bonds is 3. The molecule has 2 aromatic rings. The van der Waals surface area contributed by atoms with Crippen LogP contribution < -0.4 is 0 Å². The number of halogens is 1. The van der Waals surface area contributed by atoms with Crippen molar-refractivity contribution in [3.05, 3.63) is 70.2 Å². The Labute approximate surface area is 166 Å². The molecule has 2 heterocycles. The fourth-order valence-electron chi connectivity index (χ4n) is 4.96. The van der Waals surface area contributed by atoms with Gasteiger partial charge in [0, 0.05) is 56.0 Å². The lowest BCUT2D eigenvalue weighted by Crippen LogP contribution is -2.47. The molecule has 2 saturated heterocycles. The minimum atomic E-state index is 0.212. The van der Waals surface area contributed by atoms with Crippen molar-refractivity contribution in [2.45, 2.75) is 38.8 Å². The van der Waals surface area contributed by atoms with Crippen molar-refractivity contribution in [3.63, 3.8) is 0 Å². The molecule has 142 valence electrons. The van der Waals surface area contributed by atoms with Gasteiger partial charge in [0.25, 0.3) is 0 Å². The predicted molar refractivity (Wildman–Crippen MR) is 110 cm³/mol. The molecule has 0 bridgehead atoms. The van der Waals surface area contributed by atoms with Crippen molar-refractivity contribution in [1.82, 2.24) is 9.80 Å². The summed E-state index contributed by atoms with van der Waals surface area (Å²) in [5.74, 6) is 1.12. The van der Waals surface area contributed by atoms with E-state index in [4.69, 9.17) is 11.6 Å². The standard InChI is InChI=1S/C23H27ClN2O/c1-16-5-3-7-19(11-16)21-15-26(17(2)27)23-9-10-25(14-22(21)23)13-18-6-4-8-20(24)12-18/h3-8,11-12,21-23H,9-10,13-15H2,1-2H3/t21-,22-,23-/m0/s1. The van der Waals surface area contributed by atoms with Crippen molar-refractivity contribution in [1.29, 1.82) is 0 Å². The Morgan fingerprint density at radius 3 is 2.70 bits per heavy atom. The molecule has 27 heavy (non-hydrogen) atoms. The molecule has 0 aliphatic carbocycles. The summed E-state index contributed by atoms with van der Waals surface area (Å²) in [6, 6.07) is 17.3. The van der Waals surface area contributed by atoms with Gasteiger partial charge in [0.15, 0.2) is 0 Å². The fraction of sp³-hybridized carbons (Fsp3) is 0.435. The Hall–Kier alpha value is -1.84. The van der Waals surface area contributed by atoms with Gasteiger partial charge in [-0.2, -0.15) is 0 Å². The van der Waals surface area contributed by atoms with Gasteiger partial charge in [-0.3, -0.25) is 9.69 Å². The summed E-state index contributed by atoms with van der Waals surface area (Å²) in [4.78, 5) is 16.9. The largest absolute Gasteiger partial charge is 0.339 e. The third-order valence-corrected chi connectivity index (χ3v) is 6.42. The maximum Gasteiger partial charge on any atom is 0.219 e. The second kappa shape index (κ2) is 7.65. The molecule has 0 unspecified atom stereocenters. The lowest BCUT2D eigenvalue weighted by Gasteiger charge is -2.39. The topological polar surface area (TPSA) is 23.6 Å². The van der Waals surface area contributed by atoms with E-state index in [-0.39, 0.29) is 5.91 Å². The van der Waals surface area contributed by atoms with Crippen LogP contribution in [0.15, 0.2) is 48.5 Å². The second-order valence-corrected chi connectivity index (χ2v) is 8.51. The molecular formula is C23H27ClN2O. The van der Waals surface area contributed by atoms with Crippen LogP contribution in [-0.4, -0.2) is 41.4 Å². The van der Waals surface area contributed by atoms with Gasteiger partial charge in [-0.25, -0.2) is 0 Å². The summed E-state index contributed by atoms with van der Waals surface area (Å²) < 4.78 is 0. The van der Waals surface area contributed by atoms with Crippen molar-refractivity contribution in [2.75, 3.05) is 19.6 Å². The number of hydrogen-bond acceptors (Lipinski definition) is 2. The highest BCUT2D eigenvalue weighted by molar-refractivity contribution is 6.30. The van der Waals surface area contributed by atoms with Crippen molar-refractivity contribution in [2.24, 2.45) is 5.92 Å². The molecule has 4 rings (SSSR count). The third-order valence-electron chi connectivity index (χ3n) is 6.18. The second-order valence-electron chi connectivity index (χ2n) is 8.08. The SMILES string of the molecule is CC(=O)N1C[C@@H](c2cccc(C)c2)[C@@H]2CN(Cc3cccc(Cl)c3)CC[C@@H]21. The van der Waals surface area contributed by atoms with E-state index in [0.29, 0.717) is 17.9 Å². The zero-order valence-electron chi connectivity index (χ0n) is 16.1. The molecule has 0 spiro atoms. The van der Waals surface area contributed by atoms with Crippen molar-refractivity contribution < 1.29 is 4.79 Å². The molecule has 1 amide bonds. The van der Waals surface area contributed by atoms with Crippen molar-refractivity contribution in [3.8, 4) is 0 Å². The van der Waals surface area contributed by atoms with Crippen LogP contribution in [-0.2, 0) is 11.3 Å². The average molecular weight is 383 g/mol. The smallest absolute Gasteiger partial charge is 0.219 e. The molecule has 3 atom stereocenters. The Kier molecular flexibility index (Phi) is 5.25. The molecule has 3 nitrogen and oxygen atoms in total. The number of hydrogen-bond donors (Lipinski definition) is 0. The van der Waals surface area contributed by atoms with Crippen LogP contribution in [0.1, 0.15) is 36.0 Å². The van der Waals surface area contributed by atoms with E-state index >= 15 is 0 Å². The number of fused-ring (bicyclic) bond motifs is 1. The molecule has 2 aliphatic heterocycles. The number of carbonyl (C=O) groups excluding carboxylic acids is 1. The van der Waals surface area contributed by atoms with E-state index in [0.717, 1.165) is 37.6 Å². The van der Waals surface area contributed by atoms with E-state index in [1.165, 1.54) is 16.7 Å². The van der Waals surface area contributed by atoms with Crippen LogP contribution in [0.3, 0.4) is 0 Å². The summed E-state index contributed by atoms with van der Waals surface area (Å²) in [6.45, 7) is 7.68. The van der Waals surface area contributed by atoms with E-state index in [1.807, 2.05) is 12.1 Å². The first-order valence-corrected chi connectivity index (χ1v) is 10.2. The average Bonchev–Trinajstić information content (AvgIpc) is 3.01. The number of aryl methyl sites for hydroxylation is 1. The van der Waals surface area contributed by atoms with Gasteiger partial charge in [0.1, 0.15) is 0 Å². The van der Waals surface area contributed by atoms with Gasteiger partial charge in [0.05, 0.1) is 0 Å². The molecule has 0 radical (unpaired) electrons. The number of carbonyl (C=O) groups is 1. The molecule has 2 aromatic carbocycles. The van der Waals surface area contributed by atoms with E-state index in [2.05, 4.69) is 53.1 Å². The Morgan fingerprint density at radius 2 is 1.96 bits per heavy atom. The van der Waals surface area contributed by atoms with Gasteiger partial charge < -0.3 is 4.90 Å². The van der Waals surface area contributed by atoms with Crippen LogP contribution in [0.25, 0.3) is 0 Å². The first-order valence-electron chi connectivity index (χ1n) is 9.82. The zero-order valence-corrected chi connectivity index (χ0v) is 16.8. The van der Waals surface area contributed by atoms with Gasteiger partial charge in [-0.15, -0.1) is 0 Å². The van der Waals surface area contributed by atoms with Crippen LogP contribution in [0, 0.1) is 12.8 Å².